The van der Waals surface area contributed by atoms with Gasteiger partial charge in [-0.05, 0) is 6.07 Å². The van der Waals surface area contributed by atoms with E-state index in [9.17, 15) is 5.21 Å². The second-order valence-corrected chi connectivity index (χ2v) is 2.80. The summed E-state index contributed by atoms with van der Waals surface area (Å²) in [5.74, 6) is 1.18. The molecule has 0 radical (unpaired) electrons. The smallest absolute Gasteiger partial charge is 0.163 e. The van der Waals surface area contributed by atoms with Crippen molar-refractivity contribution in [2.24, 2.45) is 0 Å². The molecule has 0 unspecified atom stereocenters. The molecule has 0 amide bonds. The Kier molecular flexibility index (Phi) is 1.92. The van der Waals surface area contributed by atoms with Crippen LogP contribution in [0.15, 0.2) is 18.3 Å². The first kappa shape index (κ1) is 8.68. The van der Waals surface area contributed by atoms with Crippen LogP contribution in [0.25, 0.3) is 10.9 Å². The van der Waals surface area contributed by atoms with Crippen molar-refractivity contribution in [3.05, 3.63) is 18.3 Å². The average Bonchev–Trinajstić information content (AvgIpc) is 2.58. The fourth-order valence-corrected chi connectivity index (χ4v) is 1.34. The Morgan fingerprint density at radius 2 is 1.86 bits per heavy atom. The fourth-order valence-electron chi connectivity index (χ4n) is 1.34. The van der Waals surface area contributed by atoms with Crippen molar-refractivity contribution >= 4 is 10.9 Å². The summed E-state index contributed by atoms with van der Waals surface area (Å²) < 4.78 is 10.2. The fraction of sp³-hybridized carbons (Fsp3) is 0.222. The minimum Gasteiger partial charge on any atom is -0.493 e. The first-order valence-electron chi connectivity index (χ1n) is 4.05. The molecule has 1 N–H and O–H groups in total. The normalized spacial score (nSPS) is 10.4. The van der Waals surface area contributed by atoms with E-state index in [2.05, 4.69) is 5.10 Å². The summed E-state index contributed by atoms with van der Waals surface area (Å²) in [7, 11) is 3.11. The molecule has 0 spiro atoms. The van der Waals surface area contributed by atoms with Crippen LogP contribution in [0.5, 0.6) is 11.5 Å². The first-order valence-corrected chi connectivity index (χ1v) is 4.05. The topological polar surface area (TPSA) is 56.5 Å². The van der Waals surface area contributed by atoms with Crippen LogP contribution in [0.1, 0.15) is 0 Å². The molecular formula is C9H10N2O3. The predicted molar refractivity (Wildman–Crippen MR) is 50.0 cm³/mol. The zero-order chi connectivity index (χ0) is 10.1. The van der Waals surface area contributed by atoms with Gasteiger partial charge in [0.1, 0.15) is 5.52 Å². The highest BCUT2D eigenvalue weighted by Crippen LogP contribution is 2.31. The van der Waals surface area contributed by atoms with Crippen molar-refractivity contribution in [2.75, 3.05) is 14.2 Å². The molecule has 14 heavy (non-hydrogen) atoms. The van der Waals surface area contributed by atoms with Gasteiger partial charge in [0.15, 0.2) is 11.5 Å². The summed E-state index contributed by atoms with van der Waals surface area (Å²) in [5, 5.41) is 13.8. The van der Waals surface area contributed by atoms with E-state index in [4.69, 9.17) is 9.47 Å². The molecule has 0 aliphatic heterocycles. The van der Waals surface area contributed by atoms with Crippen molar-refractivity contribution in [2.45, 2.75) is 0 Å². The minimum atomic E-state index is 0.566. The molecular weight excluding hydrogens is 184 g/mol. The van der Waals surface area contributed by atoms with Crippen LogP contribution in [-0.2, 0) is 0 Å². The second kappa shape index (κ2) is 3.10. The summed E-state index contributed by atoms with van der Waals surface area (Å²) in [6.07, 6.45) is 1.55. The molecule has 2 aromatic rings. The molecule has 5 heteroatoms. The Bertz CT molecular complexity index is 464. The van der Waals surface area contributed by atoms with Gasteiger partial charge in [-0.25, -0.2) is 0 Å². The predicted octanol–water partition coefficient (Wildman–Crippen LogP) is 1.29. The number of methoxy groups -OCH3 is 2. The minimum absolute atomic E-state index is 0.566. The number of aromatic nitrogens is 2. The quantitative estimate of drug-likeness (QED) is 0.732. The maximum Gasteiger partial charge on any atom is 0.163 e. The monoisotopic (exact) mass is 194 g/mol. The van der Waals surface area contributed by atoms with Crippen LogP contribution in [0.4, 0.5) is 0 Å². The highest BCUT2D eigenvalue weighted by Gasteiger charge is 2.09. The maximum atomic E-state index is 9.30. The van der Waals surface area contributed by atoms with Crippen molar-refractivity contribution < 1.29 is 14.7 Å². The van der Waals surface area contributed by atoms with E-state index in [1.807, 2.05) is 0 Å². The standard InChI is InChI=1S/C9H10N2O3/c1-13-8-3-6-5-10-11(12)7(6)4-9(8)14-2/h3-5,12H,1-2H3. The highest BCUT2D eigenvalue weighted by molar-refractivity contribution is 5.82. The SMILES string of the molecule is COc1cc2cnn(O)c2cc1OC. The van der Waals surface area contributed by atoms with Crippen LogP contribution in [0, 0.1) is 0 Å². The molecule has 0 atom stereocenters. The van der Waals surface area contributed by atoms with E-state index < -0.39 is 0 Å². The summed E-state index contributed by atoms with van der Waals surface area (Å²) in [6.45, 7) is 0. The first-order chi connectivity index (χ1) is 6.76. The van der Waals surface area contributed by atoms with E-state index >= 15 is 0 Å². The van der Waals surface area contributed by atoms with Crippen LogP contribution >= 0.6 is 0 Å². The van der Waals surface area contributed by atoms with E-state index in [-0.39, 0.29) is 0 Å². The third kappa shape index (κ3) is 1.14. The lowest BCUT2D eigenvalue weighted by Crippen LogP contribution is -1.93. The molecule has 2 rings (SSSR count). The lowest BCUT2D eigenvalue weighted by molar-refractivity contribution is 0.161. The van der Waals surface area contributed by atoms with Crippen molar-refractivity contribution in [1.82, 2.24) is 9.94 Å². The molecule has 0 aliphatic carbocycles. The number of fused-ring (bicyclic) bond motifs is 1. The number of hydrogen-bond donors (Lipinski definition) is 1. The molecule has 0 bridgehead atoms. The molecule has 74 valence electrons. The van der Waals surface area contributed by atoms with Crippen molar-refractivity contribution in [3.63, 3.8) is 0 Å². The molecule has 0 fully saturated rings. The zero-order valence-corrected chi connectivity index (χ0v) is 7.89. The summed E-state index contributed by atoms with van der Waals surface area (Å²) in [5.41, 5.74) is 0.586. The largest absolute Gasteiger partial charge is 0.493 e. The van der Waals surface area contributed by atoms with Gasteiger partial charge in [-0.1, -0.05) is 0 Å². The second-order valence-electron chi connectivity index (χ2n) is 2.80. The van der Waals surface area contributed by atoms with Crippen LogP contribution < -0.4 is 9.47 Å². The van der Waals surface area contributed by atoms with Gasteiger partial charge in [-0.15, -0.1) is 9.94 Å². The summed E-state index contributed by atoms with van der Waals surface area (Å²) in [4.78, 5) is 0.803. The van der Waals surface area contributed by atoms with Gasteiger partial charge >= 0.3 is 0 Å². The van der Waals surface area contributed by atoms with Gasteiger partial charge in [-0.2, -0.15) is 0 Å². The van der Waals surface area contributed by atoms with Gasteiger partial charge < -0.3 is 14.7 Å². The molecule has 0 saturated heterocycles. The molecule has 0 aliphatic rings. The van der Waals surface area contributed by atoms with Gasteiger partial charge in [-0.3, -0.25) is 0 Å². The number of rotatable bonds is 2. The van der Waals surface area contributed by atoms with Crippen LogP contribution in [-0.4, -0.2) is 29.4 Å². The third-order valence-electron chi connectivity index (χ3n) is 2.05. The Labute approximate surface area is 80.4 Å². The highest BCUT2D eigenvalue weighted by atomic mass is 16.5. The number of ether oxygens (including phenoxy) is 2. The van der Waals surface area contributed by atoms with Gasteiger partial charge in [0.05, 0.1) is 20.4 Å². The molecule has 1 aromatic carbocycles. The van der Waals surface area contributed by atoms with Gasteiger partial charge in [0.2, 0.25) is 0 Å². The summed E-state index contributed by atoms with van der Waals surface area (Å²) in [6, 6.07) is 3.43. The van der Waals surface area contributed by atoms with E-state index in [1.54, 1.807) is 32.5 Å². The lowest BCUT2D eigenvalue weighted by Gasteiger charge is -2.06. The summed E-state index contributed by atoms with van der Waals surface area (Å²) >= 11 is 0. The molecule has 5 nitrogen and oxygen atoms in total. The molecule has 0 saturated carbocycles. The lowest BCUT2D eigenvalue weighted by atomic mass is 10.2. The van der Waals surface area contributed by atoms with E-state index in [0.717, 1.165) is 10.2 Å². The zero-order valence-electron chi connectivity index (χ0n) is 7.89. The van der Waals surface area contributed by atoms with E-state index in [0.29, 0.717) is 17.0 Å². The molecule has 1 heterocycles. The van der Waals surface area contributed by atoms with Crippen LogP contribution in [0.2, 0.25) is 0 Å². The third-order valence-corrected chi connectivity index (χ3v) is 2.05. The number of nitrogens with zero attached hydrogens (tertiary/aromatic N) is 2. The maximum absolute atomic E-state index is 9.30. The number of hydrogen-bond acceptors (Lipinski definition) is 4. The van der Waals surface area contributed by atoms with Crippen molar-refractivity contribution in [1.29, 1.82) is 0 Å². The Balaban J connectivity index is 2.71. The Morgan fingerprint density at radius 1 is 1.21 bits per heavy atom. The Hall–Kier alpha value is -1.91. The number of benzene rings is 1. The Morgan fingerprint density at radius 3 is 2.50 bits per heavy atom. The molecule has 1 aromatic heterocycles. The van der Waals surface area contributed by atoms with Crippen molar-refractivity contribution in [3.8, 4) is 11.5 Å². The van der Waals surface area contributed by atoms with Gasteiger partial charge in [0, 0.05) is 11.5 Å². The van der Waals surface area contributed by atoms with Gasteiger partial charge in [0.25, 0.3) is 0 Å². The van der Waals surface area contributed by atoms with E-state index in [1.165, 1.54) is 0 Å². The van der Waals surface area contributed by atoms with Crippen LogP contribution in [0.3, 0.4) is 0 Å². The average molecular weight is 194 g/mol.